The monoisotopic (exact) mass is 256 g/mol. The van der Waals surface area contributed by atoms with E-state index in [1.54, 1.807) is 6.33 Å². The fourth-order valence-corrected chi connectivity index (χ4v) is 1.93. The van der Waals surface area contributed by atoms with Crippen molar-refractivity contribution in [1.82, 2.24) is 9.97 Å². The number of nitrogens with one attached hydrogen (secondary N) is 2. The Labute approximate surface area is 114 Å². The van der Waals surface area contributed by atoms with Crippen LogP contribution < -0.4 is 10.6 Å². The fraction of sp³-hybridized carbons (Fsp3) is 0.333. The van der Waals surface area contributed by atoms with Gasteiger partial charge in [-0.1, -0.05) is 6.07 Å². The van der Waals surface area contributed by atoms with Gasteiger partial charge < -0.3 is 10.6 Å². The smallest absolute Gasteiger partial charge is 0.135 e. The summed E-state index contributed by atoms with van der Waals surface area (Å²) in [6.45, 7) is 9.28. The van der Waals surface area contributed by atoms with E-state index in [0.717, 1.165) is 23.9 Å². The lowest BCUT2D eigenvalue weighted by molar-refractivity contribution is 1.11. The second-order valence-electron chi connectivity index (χ2n) is 4.62. The van der Waals surface area contributed by atoms with E-state index in [9.17, 15) is 0 Å². The SMILES string of the molecule is CCNc1cc(Nc2ccc(C)c(C)c2C)ncn1. The van der Waals surface area contributed by atoms with E-state index >= 15 is 0 Å². The minimum Gasteiger partial charge on any atom is -0.370 e. The Morgan fingerprint density at radius 2 is 1.74 bits per heavy atom. The van der Waals surface area contributed by atoms with Gasteiger partial charge in [0.05, 0.1) is 0 Å². The average molecular weight is 256 g/mol. The predicted molar refractivity (Wildman–Crippen MR) is 80.1 cm³/mol. The first kappa shape index (κ1) is 13.3. The van der Waals surface area contributed by atoms with E-state index in [0.29, 0.717) is 0 Å². The van der Waals surface area contributed by atoms with Crippen molar-refractivity contribution in [1.29, 1.82) is 0 Å². The Balaban J connectivity index is 2.26. The lowest BCUT2D eigenvalue weighted by atomic mass is 10.0. The molecule has 2 N–H and O–H groups in total. The standard InChI is InChI=1S/C15H20N4/c1-5-16-14-8-15(18-9-17-14)19-13-7-6-10(2)11(3)12(13)4/h6-9H,5H2,1-4H3,(H2,16,17,18,19). The summed E-state index contributed by atoms with van der Waals surface area (Å²) in [4.78, 5) is 8.41. The number of rotatable bonds is 4. The van der Waals surface area contributed by atoms with E-state index < -0.39 is 0 Å². The topological polar surface area (TPSA) is 49.8 Å². The van der Waals surface area contributed by atoms with Crippen LogP contribution in [0.2, 0.25) is 0 Å². The van der Waals surface area contributed by atoms with Crippen LogP contribution in [0, 0.1) is 20.8 Å². The van der Waals surface area contributed by atoms with Crippen molar-refractivity contribution in [3.05, 3.63) is 41.2 Å². The Morgan fingerprint density at radius 1 is 1.00 bits per heavy atom. The van der Waals surface area contributed by atoms with Crippen molar-refractivity contribution >= 4 is 17.3 Å². The molecule has 4 heteroatoms. The van der Waals surface area contributed by atoms with Gasteiger partial charge in [0.2, 0.25) is 0 Å². The molecule has 0 amide bonds. The molecule has 1 aromatic carbocycles. The van der Waals surface area contributed by atoms with Gasteiger partial charge in [0, 0.05) is 18.3 Å². The van der Waals surface area contributed by atoms with Gasteiger partial charge in [-0.05, 0) is 50.5 Å². The molecule has 2 aromatic rings. The maximum atomic E-state index is 4.25. The van der Waals surface area contributed by atoms with E-state index in [1.165, 1.54) is 16.7 Å². The number of hydrogen-bond donors (Lipinski definition) is 2. The van der Waals surface area contributed by atoms with E-state index in [1.807, 2.05) is 13.0 Å². The van der Waals surface area contributed by atoms with Crippen LogP contribution in [-0.4, -0.2) is 16.5 Å². The number of hydrogen-bond acceptors (Lipinski definition) is 4. The van der Waals surface area contributed by atoms with Gasteiger partial charge in [-0.2, -0.15) is 0 Å². The Hall–Kier alpha value is -2.10. The second-order valence-corrected chi connectivity index (χ2v) is 4.62. The molecule has 100 valence electrons. The van der Waals surface area contributed by atoms with Crippen LogP contribution in [0.5, 0.6) is 0 Å². The van der Waals surface area contributed by atoms with Gasteiger partial charge in [-0.3, -0.25) is 0 Å². The maximum Gasteiger partial charge on any atom is 0.135 e. The van der Waals surface area contributed by atoms with Crippen LogP contribution in [0.25, 0.3) is 0 Å². The van der Waals surface area contributed by atoms with Crippen LogP contribution >= 0.6 is 0 Å². The van der Waals surface area contributed by atoms with Crippen molar-refractivity contribution < 1.29 is 0 Å². The third-order valence-corrected chi connectivity index (χ3v) is 3.35. The van der Waals surface area contributed by atoms with Gasteiger partial charge in [-0.25, -0.2) is 9.97 Å². The van der Waals surface area contributed by atoms with Crippen LogP contribution in [0.4, 0.5) is 17.3 Å². The van der Waals surface area contributed by atoms with E-state index in [-0.39, 0.29) is 0 Å². The molecule has 1 heterocycles. The van der Waals surface area contributed by atoms with Gasteiger partial charge in [0.25, 0.3) is 0 Å². The number of aromatic nitrogens is 2. The maximum absolute atomic E-state index is 4.25. The van der Waals surface area contributed by atoms with Crippen molar-refractivity contribution in [3.63, 3.8) is 0 Å². The van der Waals surface area contributed by atoms with Gasteiger partial charge in [-0.15, -0.1) is 0 Å². The summed E-state index contributed by atoms with van der Waals surface area (Å²) in [5.41, 5.74) is 4.96. The summed E-state index contributed by atoms with van der Waals surface area (Å²) in [5.74, 6) is 1.64. The molecule has 0 aliphatic carbocycles. The van der Waals surface area contributed by atoms with Crippen LogP contribution in [-0.2, 0) is 0 Å². The third-order valence-electron chi connectivity index (χ3n) is 3.35. The first-order valence-corrected chi connectivity index (χ1v) is 6.51. The molecule has 0 radical (unpaired) electrons. The molecule has 0 fully saturated rings. The van der Waals surface area contributed by atoms with E-state index in [2.05, 4.69) is 53.5 Å². The normalized spacial score (nSPS) is 10.3. The largest absolute Gasteiger partial charge is 0.370 e. The number of anilines is 3. The van der Waals surface area contributed by atoms with Crippen LogP contribution in [0.3, 0.4) is 0 Å². The van der Waals surface area contributed by atoms with Crippen LogP contribution in [0.1, 0.15) is 23.6 Å². The lowest BCUT2D eigenvalue weighted by Crippen LogP contribution is -2.02. The summed E-state index contributed by atoms with van der Waals surface area (Å²) in [7, 11) is 0. The summed E-state index contributed by atoms with van der Waals surface area (Å²) < 4.78 is 0. The zero-order valence-electron chi connectivity index (χ0n) is 11.9. The minimum absolute atomic E-state index is 0.803. The zero-order chi connectivity index (χ0) is 13.8. The highest BCUT2D eigenvalue weighted by Gasteiger charge is 2.05. The molecule has 4 nitrogen and oxygen atoms in total. The number of benzene rings is 1. The quantitative estimate of drug-likeness (QED) is 0.878. The number of aryl methyl sites for hydroxylation is 1. The third kappa shape index (κ3) is 3.02. The predicted octanol–water partition coefficient (Wildman–Crippen LogP) is 3.58. The Kier molecular flexibility index (Phi) is 4.00. The van der Waals surface area contributed by atoms with Crippen molar-refractivity contribution in [2.24, 2.45) is 0 Å². The molecule has 0 bridgehead atoms. The van der Waals surface area contributed by atoms with Gasteiger partial charge in [0.15, 0.2) is 0 Å². The summed E-state index contributed by atoms with van der Waals surface area (Å²) in [6, 6.07) is 6.13. The molecule has 0 aliphatic rings. The van der Waals surface area contributed by atoms with Crippen molar-refractivity contribution in [2.75, 3.05) is 17.2 Å². The van der Waals surface area contributed by atoms with Crippen molar-refractivity contribution in [3.8, 4) is 0 Å². The molecule has 0 saturated heterocycles. The molecule has 19 heavy (non-hydrogen) atoms. The molecule has 0 unspecified atom stereocenters. The molecule has 0 aliphatic heterocycles. The fourth-order valence-electron chi connectivity index (χ4n) is 1.93. The van der Waals surface area contributed by atoms with Crippen LogP contribution in [0.15, 0.2) is 24.5 Å². The highest BCUT2D eigenvalue weighted by atomic mass is 15.1. The first-order chi connectivity index (χ1) is 9.11. The Morgan fingerprint density at radius 3 is 2.47 bits per heavy atom. The molecular formula is C15H20N4. The zero-order valence-corrected chi connectivity index (χ0v) is 11.9. The second kappa shape index (κ2) is 5.69. The molecule has 2 rings (SSSR count). The highest BCUT2D eigenvalue weighted by molar-refractivity contribution is 5.64. The first-order valence-electron chi connectivity index (χ1n) is 6.51. The Bertz CT molecular complexity index is 578. The average Bonchev–Trinajstić information content (AvgIpc) is 2.40. The highest BCUT2D eigenvalue weighted by Crippen LogP contribution is 2.24. The molecule has 1 aromatic heterocycles. The molecule has 0 spiro atoms. The minimum atomic E-state index is 0.803. The van der Waals surface area contributed by atoms with Crippen molar-refractivity contribution in [2.45, 2.75) is 27.7 Å². The molecular weight excluding hydrogens is 236 g/mol. The lowest BCUT2D eigenvalue weighted by Gasteiger charge is -2.13. The summed E-state index contributed by atoms with van der Waals surface area (Å²) in [5, 5.41) is 6.53. The number of nitrogens with zero attached hydrogens (tertiary/aromatic N) is 2. The molecule has 0 saturated carbocycles. The van der Waals surface area contributed by atoms with E-state index in [4.69, 9.17) is 0 Å². The summed E-state index contributed by atoms with van der Waals surface area (Å²) >= 11 is 0. The molecule has 0 atom stereocenters. The van der Waals surface area contributed by atoms with Gasteiger partial charge in [0.1, 0.15) is 18.0 Å². The summed E-state index contributed by atoms with van der Waals surface area (Å²) in [6.07, 6.45) is 1.57. The van der Waals surface area contributed by atoms with Gasteiger partial charge >= 0.3 is 0 Å².